The highest BCUT2D eigenvalue weighted by atomic mass is 35.5. The zero-order valence-corrected chi connectivity index (χ0v) is 12.9. The molecule has 2 nitrogen and oxygen atoms in total. The highest BCUT2D eigenvalue weighted by Gasteiger charge is 2.20. The third-order valence-corrected chi connectivity index (χ3v) is 5.40. The van der Waals surface area contributed by atoms with Crippen LogP contribution in [0, 0.1) is 5.92 Å². The predicted octanol–water partition coefficient (Wildman–Crippen LogP) is 4.12. The van der Waals surface area contributed by atoms with Crippen LogP contribution in [0.25, 0.3) is 0 Å². The van der Waals surface area contributed by atoms with Crippen molar-refractivity contribution in [2.24, 2.45) is 5.92 Å². The maximum absolute atomic E-state index is 12.0. The van der Waals surface area contributed by atoms with E-state index in [1.807, 2.05) is 0 Å². The van der Waals surface area contributed by atoms with E-state index < -0.39 is 10.8 Å². The van der Waals surface area contributed by atoms with Crippen molar-refractivity contribution in [1.29, 1.82) is 0 Å². The summed E-state index contributed by atoms with van der Waals surface area (Å²) in [5, 5.41) is 0.823. The van der Waals surface area contributed by atoms with Crippen LogP contribution in [0.4, 0.5) is 0 Å². The number of hydrogen-bond donors (Lipinski definition) is 0. The van der Waals surface area contributed by atoms with Crippen molar-refractivity contribution in [2.45, 2.75) is 25.7 Å². The molecule has 1 saturated carbocycles. The van der Waals surface area contributed by atoms with E-state index in [9.17, 15) is 9.00 Å². The fourth-order valence-electron chi connectivity index (χ4n) is 2.44. The minimum atomic E-state index is -1.10. The average Bonchev–Trinajstić information content (AvgIpc) is 2.81. The number of hydrogen-bond acceptors (Lipinski definition) is 2. The minimum Gasteiger partial charge on any atom is -0.293 e. The standard InChI is InChI=1S/C14H16Cl2O2S/c15-11-5-6-12(13(16)7-11)14(17)9-19(18)8-10-3-1-2-4-10/h5-7,10H,1-4,8-9H2. The lowest BCUT2D eigenvalue weighted by Crippen LogP contribution is -2.17. The van der Waals surface area contributed by atoms with Crippen molar-refractivity contribution < 1.29 is 9.00 Å². The largest absolute Gasteiger partial charge is 0.293 e. The predicted molar refractivity (Wildman–Crippen MR) is 80.6 cm³/mol. The van der Waals surface area contributed by atoms with Crippen molar-refractivity contribution in [2.75, 3.05) is 11.5 Å². The molecule has 19 heavy (non-hydrogen) atoms. The second-order valence-electron chi connectivity index (χ2n) is 4.95. The minimum absolute atomic E-state index is 0.0534. The Morgan fingerprint density at radius 1 is 1.26 bits per heavy atom. The van der Waals surface area contributed by atoms with Gasteiger partial charge in [0.05, 0.1) is 10.8 Å². The summed E-state index contributed by atoms with van der Waals surface area (Å²) in [7, 11) is -1.10. The molecule has 1 fully saturated rings. The van der Waals surface area contributed by atoms with Crippen molar-refractivity contribution in [3.8, 4) is 0 Å². The van der Waals surface area contributed by atoms with Gasteiger partial charge in [0.25, 0.3) is 0 Å². The lowest BCUT2D eigenvalue weighted by molar-refractivity contribution is 0.102. The highest BCUT2D eigenvalue weighted by molar-refractivity contribution is 7.85. The van der Waals surface area contributed by atoms with Gasteiger partial charge in [-0.1, -0.05) is 36.0 Å². The maximum Gasteiger partial charge on any atom is 0.176 e. The molecule has 1 aliphatic rings. The van der Waals surface area contributed by atoms with E-state index in [0.717, 1.165) is 12.8 Å². The molecule has 1 unspecified atom stereocenters. The van der Waals surface area contributed by atoms with Crippen molar-refractivity contribution in [3.63, 3.8) is 0 Å². The average molecular weight is 319 g/mol. The Bertz CT molecular complexity index is 496. The monoisotopic (exact) mass is 318 g/mol. The summed E-state index contributed by atoms with van der Waals surface area (Å²) < 4.78 is 12.0. The van der Waals surface area contributed by atoms with E-state index in [1.54, 1.807) is 12.1 Å². The Labute approximate surface area is 125 Å². The molecule has 0 spiro atoms. The molecule has 1 aliphatic carbocycles. The van der Waals surface area contributed by atoms with E-state index in [4.69, 9.17) is 23.2 Å². The van der Waals surface area contributed by atoms with Crippen LogP contribution in [0.3, 0.4) is 0 Å². The first-order valence-electron chi connectivity index (χ1n) is 6.39. The number of carbonyl (C=O) groups excluding carboxylic acids is 1. The summed E-state index contributed by atoms with van der Waals surface area (Å²) in [5.74, 6) is 1.04. The smallest absolute Gasteiger partial charge is 0.176 e. The Balaban J connectivity index is 1.94. The first-order valence-corrected chi connectivity index (χ1v) is 8.64. The fourth-order valence-corrected chi connectivity index (χ4v) is 4.38. The molecule has 1 atom stereocenters. The van der Waals surface area contributed by atoms with Crippen molar-refractivity contribution in [1.82, 2.24) is 0 Å². The number of Topliss-reactive ketones (excluding diaryl/α,β-unsaturated/α-hetero) is 1. The van der Waals surface area contributed by atoms with E-state index in [1.165, 1.54) is 18.9 Å². The molecule has 0 aromatic heterocycles. The number of carbonyl (C=O) groups is 1. The molecule has 0 bridgehead atoms. The lowest BCUT2D eigenvalue weighted by atomic mass is 10.1. The molecule has 0 saturated heterocycles. The van der Waals surface area contributed by atoms with Crippen LogP contribution in [-0.2, 0) is 10.8 Å². The topological polar surface area (TPSA) is 34.1 Å². The van der Waals surface area contributed by atoms with Gasteiger partial charge in [0.15, 0.2) is 5.78 Å². The molecule has 5 heteroatoms. The van der Waals surface area contributed by atoms with Crippen LogP contribution in [-0.4, -0.2) is 21.5 Å². The Kier molecular flexibility index (Phi) is 5.43. The van der Waals surface area contributed by atoms with Crippen molar-refractivity contribution in [3.05, 3.63) is 33.8 Å². The van der Waals surface area contributed by atoms with Gasteiger partial charge in [0.2, 0.25) is 0 Å². The molecule has 104 valence electrons. The zero-order chi connectivity index (χ0) is 13.8. The second-order valence-corrected chi connectivity index (χ2v) is 7.29. The van der Waals surface area contributed by atoms with E-state index in [-0.39, 0.29) is 11.5 Å². The van der Waals surface area contributed by atoms with Crippen LogP contribution in [0.2, 0.25) is 10.0 Å². The molecule has 0 aliphatic heterocycles. The first kappa shape index (κ1) is 15.0. The van der Waals surface area contributed by atoms with Gasteiger partial charge < -0.3 is 0 Å². The van der Waals surface area contributed by atoms with Gasteiger partial charge in [-0.3, -0.25) is 9.00 Å². The first-order chi connectivity index (χ1) is 9.06. The fraction of sp³-hybridized carbons (Fsp3) is 0.500. The third kappa shape index (κ3) is 4.30. The Morgan fingerprint density at radius 2 is 1.95 bits per heavy atom. The Morgan fingerprint density at radius 3 is 2.58 bits per heavy atom. The summed E-state index contributed by atoms with van der Waals surface area (Å²) >= 11 is 11.8. The molecule has 2 rings (SSSR count). The van der Waals surface area contributed by atoms with Crippen LogP contribution >= 0.6 is 23.2 Å². The van der Waals surface area contributed by atoms with E-state index in [0.29, 0.717) is 27.3 Å². The molecule has 0 heterocycles. The summed E-state index contributed by atoms with van der Waals surface area (Å²) in [6.45, 7) is 0. The van der Waals surface area contributed by atoms with E-state index in [2.05, 4.69) is 0 Å². The van der Waals surface area contributed by atoms with E-state index >= 15 is 0 Å². The molecule has 0 amide bonds. The van der Waals surface area contributed by atoms with Gasteiger partial charge in [-0.25, -0.2) is 0 Å². The summed E-state index contributed by atoms with van der Waals surface area (Å²) in [5.41, 5.74) is 0.408. The number of rotatable bonds is 5. The van der Waals surface area contributed by atoms with Gasteiger partial charge in [-0.15, -0.1) is 0 Å². The molecule has 1 aromatic rings. The number of halogens is 2. The quantitative estimate of drug-likeness (QED) is 0.765. The zero-order valence-electron chi connectivity index (χ0n) is 10.5. The summed E-state index contributed by atoms with van der Waals surface area (Å²) in [6.07, 6.45) is 4.72. The Hall–Kier alpha value is -0.380. The van der Waals surface area contributed by atoms with Gasteiger partial charge >= 0.3 is 0 Å². The second kappa shape index (κ2) is 6.87. The third-order valence-electron chi connectivity index (χ3n) is 3.42. The normalized spacial score (nSPS) is 17.6. The summed E-state index contributed by atoms with van der Waals surface area (Å²) in [6, 6.07) is 4.76. The van der Waals surface area contributed by atoms with Gasteiger partial charge in [0.1, 0.15) is 0 Å². The molecule has 1 aromatic carbocycles. The molecule has 0 radical (unpaired) electrons. The summed E-state index contributed by atoms with van der Waals surface area (Å²) in [4.78, 5) is 12.0. The highest BCUT2D eigenvalue weighted by Crippen LogP contribution is 2.26. The van der Waals surface area contributed by atoms with Crippen LogP contribution < -0.4 is 0 Å². The lowest BCUT2D eigenvalue weighted by Gasteiger charge is -2.08. The van der Waals surface area contributed by atoms with Crippen LogP contribution in [0.1, 0.15) is 36.0 Å². The van der Waals surface area contributed by atoms with Gasteiger partial charge in [-0.2, -0.15) is 0 Å². The number of benzene rings is 1. The number of ketones is 1. The molecular formula is C14H16Cl2O2S. The SMILES string of the molecule is O=C(CS(=O)CC1CCCC1)c1ccc(Cl)cc1Cl. The van der Waals surface area contributed by atoms with Crippen LogP contribution in [0.15, 0.2) is 18.2 Å². The molecular weight excluding hydrogens is 303 g/mol. The maximum atomic E-state index is 12.0. The van der Waals surface area contributed by atoms with Crippen LogP contribution in [0.5, 0.6) is 0 Å². The van der Waals surface area contributed by atoms with Gasteiger partial charge in [-0.05, 0) is 37.0 Å². The molecule has 0 N–H and O–H groups in total. The van der Waals surface area contributed by atoms with Crippen molar-refractivity contribution >= 4 is 39.8 Å². The van der Waals surface area contributed by atoms with Gasteiger partial charge in [0, 0.05) is 27.1 Å².